The van der Waals surface area contributed by atoms with Gasteiger partial charge < -0.3 is 15.0 Å². The average Bonchev–Trinajstić information content (AvgIpc) is 3.65. The lowest BCUT2D eigenvalue weighted by molar-refractivity contribution is -0.119. The Balaban J connectivity index is 1.29. The molecule has 1 saturated heterocycles. The van der Waals surface area contributed by atoms with Crippen molar-refractivity contribution in [3.63, 3.8) is 0 Å². The Hall–Kier alpha value is -3.14. The van der Waals surface area contributed by atoms with Crippen LogP contribution in [0.2, 0.25) is 0 Å². The maximum atomic E-state index is 13.7. The van der Waals surface area contributed by atoms with E-state index in [0.29, 0.717) is 34.9 Å². The van der Waals surface area contributed by atoms with Crippen molar-refractivity contribution in [2.45, 2.75) is 37.1 Å². The summed E-state index contributed by atoms with van der Waals surface area (Å²) in [5, 5.41) is 5.67. The number of amides is 1. The highest BCUT2D eigenvalue weighted by molar-refractivity contribution is 7.99. The second kappa shape index (κ2) is 10.1. The van der Waals surface area contributed by atoms with Crippen molar-refractivity contribution in [2.75, 3.05) is 18.9 Å². The minimum absolute atomic E-state index is 0.0525. The summed E-state index contributed by atoms with van der Waals surface area (Å²) < 4.78 is 9.03. The lowest BCUT2D eigenvalue weighted by Gasteiger charge is -2.13. The van der Waals surface area contributed by atoms with Gasteiger partial charge in [0.25, 0.3) is 5.56 Å². The van der Waals surface area contributed by atoms with Gasteiger partial charge in [-0.2, -0.15) is 0 Å². The molecule has 5 aromatic rings. The SMILES string of the molecule is O=C(CSc1nc2c(sc3ccccc32)c(=O)n1CCc1c[nH]c2ccccc12)NCC1CCCO1. The maximum Gasteiger partial charge on any atom is 0.272 e. The third-order valence-electron chi connectivity index (χ3n) is 6.61. The molecule has 7 nitrogen and oxygen atoms in total. The Morgan fingerprint density at radius 1 is 1.19 bits per heavy atom. The van der Waals surface area contributed by atoms with Gasteiger partial charge in [0.2, 0.25) is 5.91 Å². The molecule has 3 aromatic heterocycles. The number of carbonyl (C=O) groups excluding carboxylic acids is 1. The Morgan fingerprint density at radius 2 is 2.03 bits per heavy atom. The minimum atomic E-state index is -0.0804. The number of hydrogen-bond acceptors (Lipinski definition) is 6. The van der Waals surface area contributed by atoms with Gasteiger partial charge in [0.05, 0.1) is 17.4 Å². The van der Waals surface area contributed by atoms with E-state index in [4.69, 9.17) is 9.72 Å². The number of para-hydroxylation sites is 1. The monoisotopic (exact) mass is 518 g/mol. The fraction of sp³-hybridized carbons (Fsp3) is 0.296. The predicted molar refractivity (Wildman–Crippen MR) is 146 cm³/mol. The van der Waals surface area contributed by atoms with Gasteiger partial charge in [0.15, 0.2) is 5.16 Å². The third-order valence-corrected chi connectivity index (χ3v) is 8.73. The van der Waals surface area contributed by atoms with Gasteiger partial charge in [-0.1, -0.05) is 48.2 Å². The molecule has 1 fully saturated rings. The highest BCUT2D eigenvalue weighted by atomic mass is 32.2. The Labute approximate surface area is 215 Å². The van der Waals surface area contributed by atoms with Gasteiger partial charge in [0.1, 0.15) is 4.70 Å². The molecule has 0 saturated carbocycles. The Bertz CT molecular complexity index is 1610. The second-order valence-corrected chi connectivity index (χ2v) is 11.0. The Morgan fingerprint density at radius 3 is 2.89 bits per heavy atom. The van der Waals surface area contributed by atoms with Gasteiger partial charge in [-0.05, 0) is 37.0 Å². The number of nitrogens with one attached hydrogen (secondary N) is 2. The number of aromatic amines is 1. The summed E-state index contributed by atoms with van der Waals surface area (Å²) in [6, 6.07) is 16.1. The van der Waals surface area contributed by atoms with Crippen LogP contribution in [-0.2, 0) is 22.5 Å². The molecule has 0 aliphatic carbocycles. The normalized spacial score (nSPS) is 15.8. The van der Waals surface area contributed by atoms with Gasteiger partial charge in [-0.3, -0.25) is 14.2 Å². The molecular weight excluding hydrogens is 492 g/mol. The van der Waals surface area contributed by atoms with Crippen LogP contribution in [0.4, 0.5) is 0 Å². The fourth-order valence-electron chi connectivity index (χ4n) is 4.75. The summed E-state index contributed by atoms with van der Waals surface area (Å²) >= 11 is 2.79. The average molecular weight is 519 g/mol. The van der Waals surface area contributed by atoms with Gasteiger partial charge in [0, 0.05) is 46.9 Å². The van der Waals surface area contributed by atoms with Crippen LogP contribution in [0.25, 0.3) is 31.2 Å². The number of ether oxygens (including phenoxy) is 1. The molecule has 0 spiro atoms. The van der Waals surface area contributed by atoms with E-state index in [9.17, 15) is 9.59 Å². The Kier molecular flexibility index (Phi) is 6.52. The summed E-state index contributed by atoms with van der Waals surface area (Å²) in [5.74, 6) is 0.114. The highest BCUT2D eigenvalue weighted by Gasteiger charge is 2.19. The van der Waals surface area contributed by atoms with Gasteiger partial charge in [-0.25, -0.2) is 4.98 Å². The highest BCUT2D eigenvalue weighted by Crippen LogP contribution is 2.32. The summed E-state index contributed by atoms with van der Waals surface area (Å²) in [7, 11) is 0. The van der Waals surface area contributed by atoms with Crippen molar-refractivity contribution < 1.29 is 9.53 Å². The number of hydrogen-bond donors (Lipinski definition) is 2. The smallest absolute Gasteiger partial charge is 0.272 e. The number of thiophene rings is 1. The van der Waals surface area contributed by atoms with E-state index in [2.05, 4.69) is 16.4 Å². The van der Waals surface area contributed by atoms with E-state index in [1.54, 1.807) is 4.57 Å². The molecule has 1 aliphatic heterocycles. The second-order valence-electron chi connectivity index (χ2n) is 8.96. The predicted octanol–water partition coefficient (Wildman–Crippen LogP) is 4.72. The van der Waals surface area contributed by atoms with E-state index in [1.807, 2.05) is 48.7 Å². The zero-order chi connectivity index (χ0) is 24.5. The largest absolute Gasteiger partial charge is 0.376 e. The first-order chi connectivity index (χ1) is 17.7. The standard InChI is InChI=1S/C27H26N4O3S2/c32-23(29-15-18-6-5-13-34-18)16-35-27-30-24-20-8-2-4-10-22(20)36-25(24)26(33)31(27)12-11-17-14-28-21-9-3-1-7-19(17)21/h1-4,7-10,14,18,28H,5-6,11-13,15-16H2,(H,29,32). The van der Waals surface area contributed by atoms with Crippen LogP contribution >= 0.6 is 23.1 Å². The molecular formula is C27H26N4O3S2. The number of rotatable bonds is 8. The van der Waals surface area contributed by atoms with Crippen LogP contribution in [0.1, 0.15) is 18.4 Å². The van der Waals surface area contributed by atoms with Crippen molar-refractivity contribution in [2.24, 2.45) is 0 Å². The van der Waals surface area contributed by atoms with Crippen molar-refractivity contribution in [1.29, 1.82) is 0 Å². The summed E-state index contributed by atoms with van der Waals surface area (Å²) in [5.41, 5.74) is 2.89. The minimum Gasteiger partial charge on any atom is -0.376 e. The summed E-state index contributed by atoms with van der Waals surface area (Å²) in [6.07, 6.45) is 4.80. The molecule has 2 aromatic carbocycles. The molecule has 1 atom stereocenters. The van der Waals surface area contributed by atoms with Crippen molar-refractivity contribution >= 4 is 60.2 Å². The summed E-state index contributed by atoms with van der Waals surface area (Å²) in [4.78, 5) is 34.5. The van der Waals surface area contributed by atoms with Crippen molar-refractivity contribution in [3.05, 3.63) is 70.6 Å². The molecule has 1 aliphatic rings. The van der Waals surface area contributed by atoms with E-state index >= 15 is 0 Å². The van der Waals surface area contributed by atoms with E-state index in [1.165, 1.54) is 23.1 Å². The number of aryl methyl sites for hydroxylation is 1. The van der Waals surface area contributed by atoms with Crippen LogP contribution in [0.3, 0.4) is 0 Å². The zero-order valence-electron chi connectivity index (χ0n) is 19.7. The fourth-order valence-corrected chi connectivity index (χ4v) is 6.68. The van der Waals surface area contributed by atoms with Crippen LogP contribution in [0.5, 0.6) is 0 Å². The van der Waals surface area contributed by atoms with Crippen LogP contribution < -0.4 is 10.9 Å². The molecule has 36 heavy (non-hydrogen) atoms. The number of fused-ring (bicyclic) bond motifs is 4. The molecule has 6 rings (SSSR count). The van der Waals surface area contributed by atoms with Crippen molar-refractivity contribution in [1.82, 2.24) is 19.9 Å². The topological polar surface area (TPSA) is 89.0 Å². The number of aromatic nitrogens is 3. The van der Waals surface area contributed by atoms with Crippen LogP contribution in [-0.4, -0.2) is 45.5 Å². The van der Waals surface area contributed by atoms with Crippen LogP contribution in [0.15, 0.2) is 64.7 Å². The van der Waals surface area contributed by atoms with E-state index < -0.39 is 0 Å². The number of H-pyrrole nitrogens is 1. The quantitative estimate of drug-likeness (QED) is 0.229. The number of nitrogens with zero attached hydrogens (tertiary/aromatic N) is 2. The molecule has 9 heteroatoms. The lowest BCUT2D eigenvalue weighted by Crippen LogP contribution is -2.33. The molecule has 0 radical (unpaired) electrons. The first-order valence-corrected chi connectivity index (χ1v) is 14.0. The molecule has 1 amide bonds. The first kappa shape index (κ1) is 23.3. The lowest BCUT2D eigenvalue weighted by atomic mass is 10.1. The van der Waals surface area contributed by atoms with E-state index in [-0.39, 0.29) is 23.3 Å². The number of carbonyl (C=O) groups is 1. The summed E-state index contributed by atoms with van der Waals surface area (Å²) in [6.45, 7) is 1.77. The number of benzene rings is 2. The van der Waals surface area contributed by atoms with Gasteiger partial charge >= 0.3 is 0 Å². The molecule has 2 N–H and O–H groups in total. The molecule has 4 heterocycles. The van der Waals surface area contributed by atoms with Gasteiger partial charge in [-0.15, -0.1) is 11.3 Å². The number of thioether (sulfide) groups is 1. The third kappa shape index (κ3) is 4.54. The maximum absolute atomic E-state index is 13.7. The zero-order valence-corrected chi connectivity index (χ0v) is 21.3. The molecule has 184 valence electrons. The molecule has 1 unspecified atom stereocenters. The van der Waals surface area contributed by atoms with Crippen LogP contribution in [0, 0.1) is 0 Å². The first-order valence-electron chi connectivity index (χ1n) is 12.2. The van der Waals surface area contributed by atoms with E-state index in [0.717, 1.165) is 46.0 Å². The molecule has 0 bridgehead atoms. The van der Waals surface area contributed by atoms with Crippen molar-refractivity contribution in [3.8, 4) is 0 Å².